The largest absolute Gasteiger partial charge is 0.320 e. The summed E-state index contributed by atoms with van der Waals surface area (Å²) in [6, 6.07) is 6.66. The Balaban J connectivity index is 2.36. The van der Waals surface area contributed by atoms with E-state index >= 15 is 0 Å². The van der Waals surface area contributed by atoms with E-state index in [1.54, 1.807) is 23.5 Å². The second kappa shape index (κ2) is 5.18. The molecule has 0 aliphatic carbocycles. The molecule has 0 aliphatic rings. The van der Waals surface area contributed by atoms with Crippen molar-refractivity contribution in [3.63, 3.8) is 0 Å². The average Bonchev–Trinajstić information content (AvgIpc) is 2.62. The fourth-order valence-corrected chi connectivity index (χ4v) is 3.49. The van der Waals surface area contributed by atoms with Gasteiger partial charge in [-0.1, -0.05) is 6.07 Å². The van der Waals surface area contributed by atoms with E-state index in [0.29, 0.717) is 4.47 Å². The summed E-state index contributed by atoms with van der Waals surface area (Å²) in [6.07, 6.45) is 0. The molecule has 90 valence electrons. The third kappa shape index (κ3) is 2.78. The first-order valence-electron chi connectivity index (χ1n) is 4.95. The van der Waals surface area contributed by atoms with Gasteiger partial charge in [0.1, 0.15) is 5.82 Å². The van der Waals surface area contributed by atoms with Crippen LogP contribution in [0.4, 0.5) is 4.39 Å². The second-order valence-corrected chi connectivity index (χ2v) is 6.70. The summed E-state index contributed by atoms with van der Waals surface area (Å²) in [7, 11) is 0. The molecule has 1 aromatic heterocycles. The van der Waals surface area contributed by atoms with Crippen LogP contribution in [0.3, 0.4) is 0 Å². The van der Waals surface area contributed by atoms with Gasteiger partial charge in [0.2, 0.25) is 0 Å². The van der Waals surface area contributed by atoms with Crippen molar-refractivity contribution in [3.8, 4) is 0 Å². The lowest BCUT2D eigenvalue weighted by Gasteiger charge is -2.10. The minimum Gasteiger partial charge on any atom is -0.320 e. The lowest BCUT2D eigenvalue weighted by atomic mass is 10.1. The number of hydrogen-bond donors (Lipinski definition) is 1. The van der Waals surface area contributed by atoms with Gasteiger partial charge in [0.25, 0.3) is 0 Å². The molecule has 0 amide bonds. The monoisotopic (exact) mass is 377 g/mol. The molecule has 0 spiro atoms. The van der Waals surface area contributed by atoms with Gasteiger partial charge in [0, 0.05) is 14.2 Å². The van der Waals surface area contributed by atoms with Gasteiger partial charge in [-0.05, 0) is 62.5 Å². The molecule has 0 bridgehead atoms. The van der Waals surface area contributed by atoms with Crippen LogP contribution in [0.2, 0.25) is 0 Å². The highest BCUT2D eigenvalue weighted by Gasteiger charge is 2.14. The number of aryl methyl sites for hydroxylation is 1. The molecule has 2 N–H and O–H groups in total. The quantitative estimate of drug-likeness (QED) is 0.800. The van der Waals surface area contributed by atoms with Crippen molar-refractivity contribution in [1.82, 2.24) is 0 Å². The smallest absolute Gasteiger partial charge is 0.137 e. The first-order chi connectivity index (χ1) is 7.99. The topological polar surface area (TPSA) is 26.0 Å². The molecule has 17 heavy (non-hydrogen) atoms. The van der Waals surface area contributed by atoms with E-state index in [1.807, 2.05) is 13.0 Å². The fraction of sp³-hybridized carbons (Fsp3) is 0.167. The van der Waals surface area contributed by atoms with Gasteiger partial charge in [-0.3, -0.25) is 0 Å². The molecule has 2 rings (SSSR count). The maximum absolute atomic E-state index is 13.1. The minimum atomic E-state index is -0.274. The van der Waals surface area contributed by atoms with Crippen LogP contribution in [0.15, 0.2) is 33.2 Å². The van der Waals surface area contributed by atoms with Gasteiger partial charge < -0.3 is 5.73 Å². The average molecular weight is 379 g/mol. The van der Waals surface area contributed by atoms with E-state index in [0.717, 1.165) is 14.9 Å². The minimum absolute atomic E-state index is 0.220. The number of thiophene rings is 1. The lowest BCUT2D eigenvalue weighted by Crippen LogP contribution is -2.10. The van der Waals surface area contributed by atoms with Crippen LogP contribution >= 0.6 is 43.2 Å². The molecule has 1 aromatic carbocycles. The van der Waals surface area contributed by atoms with E-state index in [1.165, 1.54) is 10.9 Å². The number of nitrogens with two attached hydrogens (primary N) is 1. The highest BCUT2D eigenvalue weighted by molar-refractivity contribution is 9.10. The van der Waals surface area contributed by atoms with Crippen molar-refractivity contribution >= 4 is 43.2 Å². The van der Waals surface area contributed by atoms with Crippen molar-refractivity contribution in [3.05, 3.63) is 54.3 Å². The van der Waals surface area contributed by atoms with Crippen LogP contribution in [-0.4, -0.2) is 0 Å². The number of benzene rings is 1. The summed E-state index contributed by atoms with van der Waals surface area (Å²) in [5, 5.41) is 0. The van der Waals surface area contributed by atoms with E-state index in [4.69, 9.17) is 5.73 Å². The Bertz CT molecular complexity index is 534. The fourth-order valence-electron chi connectivity index (χ4n) is 1.50. The number of hydrogen-bond acceptors (Lipinski definition) is 2. The SMILES string of the molecule is Cc1sc(C(N)c2ccc(F)c(Br)c2)cc1Br. The summed E-state index contributed by atoms with van der Waals surface area (Å²) >= 11 is 8.29. The summed E-state index contributed by atoms with van der Waals surface area (Å²) < 4.78 is 14.6. The molecule has 1 heterocycles. The summed E-state index contributed by atoms with van der Waals surface area (Å²) in [6.45, 7) is 2.03. The molecule has 0 radical (unpaired) electrons. The third-order valence-electron chi connectivity index (χ3n) is 2.49. The van der Waals surface area contributed by atoms with Crippen LogP contribution in [0.1, 0.15) is 21.4 Å². The van der Waals surface area contributed by atoms with Gasteiger partial charge >= 0.3 is 0 Å². The molecule has 1 nitrogen and oxygen atoms in total. The summed E-state index contributed by atoms with van der Waals surface area (Å²) in [5.74, 6) is -0.274. The van der Waals surface area contributed by atoms with Crippen molar-refractivity contribution in [2.75, 3.05) is 0 Å². The number of halogens is 3. The first-order valence-corrected chi connectivity index (χ1v) is 7.35. The summed E-state index contributed by atoms with van der Waals surface area (Å²) in [5.41, 5.74) is 7.06. The predicted octanol–water partition coefficient (Wildman–Crippen LogP) is 4.77. The molecule has 1 atom stereocenters. The first kappa shape index (κ1) is 13.2. The molecular weight excluding hydrogens is 369 g/mol. The van der Waals surface area contributed by atoms with Crippen LogP contribution in [0.25, 0.3) is 0 Å². The Morgan fingerprint density at radius 2 is 1.94 bits per heavy atom. The van der Waals surface area contributed by atoms with Crippen molar-refractivity contribution in [2.45, 2.75) is 13.0 Å². The molecule has 5 heteroatoms. The molecule has 2 aromatic rings. The van der Waals surface area contributed by atoms with Gasteiger partial charge in [0.15, 0.2) is 0 Å². The third-order valence-corrected chi connectivity index (χ3v) is 5.31. The zero-order chi connectivity index (χ0) is 12.6. The Morgan fingerprint density at radius 1 is 1.24 bits per heavy atom. The van der Waals surface area contributed by atoms with Gasteiger partial charge in [-0.15, -0.1) is 11.3 Å². The number of rotatable bonds is 2. The van der Waals surface area contributed by atoms with E-state index in [2.05, 4.69) is 31.9 Å². The van der Waals surface area contributed by atoms with Crippen molar-refractivity contribution < 1.29 is 4.39 Å². The Kier molecular flexibility index (Phi) is 4.02. The van der Waals surface area contributed by atoms with Gasteiger partial charge in [-0.2, -0.15) is 0 Å². The highest BCUT2D eigenvalue weighted by atomic mass is 79.9. The molecule has 0 saturated carbocycles. The van der Waals surface area contributed by atoms with Crippen LogP contribution in [0, 0.1) is 12.7 Å². The molecule has 1 unspecified atom stereocenters. The standard InChI is InChI=1S/C12H10Br2FNS/c1-6-8(13)5-11(17-6)12(16)7-2-3-10(15)9(14)4-7/h2-5,12H,16H2,1H3. The zero-order valence-corrected chi connectivity index (χ0v) is 13.0. The van der Waals surface area contributed by atoms with Crippen LogP contribution in [-0.2, 0) is 0 Å². The second-order valence-electron chi connectivity index (χ2n) is 3.70. The molecule has 0 saturated heterocycles. The van der Waals surface area contributed by atoms with E-state index in [9.17, 15) is 4.39 Å². The highest BCUT2D eigenvalue weighted by Crippen LogP contribution is 2.33. The zero-order valence-electron chi connectivity index (χ0n) is 9.01. The summed E-state index contributed by atoms with van der Waals surface area (Å²) in [4.78, 5) is 2.25. The van der Waals surface area contributed by atoms with E-state index in [-0.39, 0.29) is 11.9 Å². The maximum Gasteiger partial charge on any atom is 0.137 e. The van der Waals surface area contributed by atoms with E-state index < -0.39 is 0 Å². The Hall–Kier alpha value is -0.230. The Labute approximate surface area is 120 Å². The molecule has 0 aliphatic heterocycles. The van der Waals surface area contributed by atoms with Crippen LogP contribution < -0.4 is 5.73 Å². The van der Waals surface area contributed by atoms with Gasteiger partial charge in [0.05, 0.1) is 10.5 Å². The molecule has 0 fully saturated rings. The van der Waals surface area contributed by atoms with Gasteiger partial charge in [-0.25, -0.2) is 4.39 Å². The van der Waals surface area contributed by atoms with Crippen molar-refractivity contribution in [2.24, 2.45) is 5.73 Å². The lowest BCUT2D eigenvalue weighted by molar-refractivity contribution is 0.619. The van der Waals surface area contributed by atoms with Crippen LogP contribution in [0.5, 0.6) is 0 Å². The van der Waals surface area contributed by atoms with Crippen molar-refractivity contribution in [1.29, 1.82) is 0 Å². The predicted molar refractivity (Wildman–Crippen MR) is 76.9 cm³/mol. The normalized spacial score (nSPS) is 12.8. The maximum atomic E-state index is 13.1. The Morgan fingerprint density at radius 3 is 2.47 bits per heavy atom. The molecular formula is C12H10Br2FNS.